The number of aliphatic hydroxyl groups is 1. The van der Waals surface area contributed by atoms with Crippen LogP contribution in [-0.4, -0.2) is 36.2 Å². The summed E-state index contributed by atoms with van der Waals surface area (Å²) in [4.78, 5) is 2.48. The summed E-state index contributed by atoms with van der Waals surface area (Å²) in [6, 6.07) is 0. The summed E-state index contributed by atoms with van der Waals surface area (Å²) in [5, 5.41) is 8.75. The Hall–Kier alpha value is -0.0800. The van der Waals surface area contributed by atoms with E-state index in [-0.39, 0.29) is 0 Å². The van der Waals surface area contributed by atoms with Crippen molar-refractivity contribution in [3.8, 4) is 0 Å². The summed E-state index contributed by atoms with van der Waals surface area (Å²) in [6.45, 7) is 10.9. The Morgan fingerprint density at radius 2 is 1.79 bits per heavy atom. The fraction of sp³-hybridized carbons (Fsp3) is 1.00. The van der Waals surface area contributed by atoms with Crippen molar-refractivity contribution in [3.05, 3.63) is 0 Å². The van der Waals surface area contributed by atoms with Crippen molar-refractivity contribution in [1.29, 1.82) is 0 Å². The maximum Gasteiger partial charge on any atom is 0.0443 e. The second-order valence-electron chi connectivity index (χ2n) is 5.56. The van der Waals surface area contributed by atoms with E-state index in [4.69, 9.17) is 5.11 Å². The summed E-state index contributed by atoms with van der Waals surface area (Å²) in [5.74, 6) is 0.882. The molecule has 0 saturated carbocycles. The third-order valence-electron chi connectivity index (χ3n) is 3.44. The number of likely N-dealkylation sites (tertiary alicyclic amines) is 1. The largest absolute Gasteiger partial charge is 0.396 e. The van der Waals surface area contributed by atoms with E-state index >= 15 is 0 Å². The van der Waals surface area contributed by atoms with Crippen LogP contribution in [0.2, 0.25) is 0 Å². The van der Waals surface area contributed by atoms with Crippen molar-refractivity contribution in [2.75, 3.05) is 26.2 Å². The minimum Gasteiger partial charge on any atom is -0.396 e. The molecule has 0 aromatic carbocycles. The quantitative estimate of drug-likeness (QED) is 0.752. The Bertz CT molecular complexity index is 154. The van der Waals surface area contributed by atoms with Gasteiger partial charge in [-0.05, 0) is 43.7 Å². The molecule has 1 rings (SSSR count). The van der Waals surface area contributed by atoms with Crippen LogP contribution in [0.5, 0.6) is 0 Å². The molecule has 14 heavy (non-hydrogen) atoms. The van der Waals surface area contributed by atoms with Gasteiger partial charge in [-0.15, -0.1) is 0 Å². The van der Waals surface area contributed by atoms with Gasteiger partial charge in [-0.2, -0.15) is 0 Å². The van der Waals surface area contributed by atoms with Crippen LogP contribution in [0.4, 0.5) is 0 Å². The van der Waals surface area contributed by atoms with Gasteiger partial charge in [0.25, 0.3) is 0 Å². The fourth-order valence-corrected chi connectivity index (χ4v) is 2.32. The summed E-state index contributed by atoms with van der Waals surface area (Å²) in [5.41, 5.74) is 0.475. The average Bonchev–Trinajstić information content (AvgIpc) is 2.14. The zero-order chi connectivity index (χ0) is 10.6. The highest BCUT2D eigenvalue weighted by Gasteiger charge is 2.28. The minimum atomic E-state index is 0.333. The summed E-state index contributed by atoms with van der Waals surface area (Å²) in [6.07, 6.45) is 3.59. The molecule has 1 fully saturated rings. The van der Waals surface area contributed by atoms with Crippen LogP contribution < -0.4 is 0 Å². The van der Waals surface area contributed by atoms with E-state index in [1.165, 1.54) is 25.9 Å². The summed E-state index contributed by atoms with van der Waals surface area (Å²) >= 11 is 0. The van der Waals surface area contributed by atoms with Gasteiger partial charge in [-0.3, -0.25) is 0 Å². The first-order valence-corrected chi connectivity index (χ1v) is 5.87. The highest BCUT2D eigenvalue weighted by atomic mass is 16.3. The SMILES string of the molecule is CC(C)(C)C1CCN(CCCO)CC1. The lowest BCUT2D eigenvalue weighted by Crippen LogP contribution is -2.38. The van der Waals surface area contributed by atoms with Gasteiger partial charge in [0, 0.05) is 13.2 Å². The number of aliphatic hydroxyl groups excluding tert-OH is 1. The van der Waals surface area contributed by atoms with Crippen molar-refractivity contribution in [2.24, 2.45) is 11.3 Å². The molecule has 0 atom stereocenters. The molecule has 0 aromatic rings. The first-order chi connectivity index (χ1) is 6.54. The predicted octanol–water partition coefficient (Wildman–Crippen LogP) is 2.13. The van der Waals surface area contributed by atoms with Crippen LogP contribution in [0.15, 0.2) is 0 Å². The molecule has 0 amide bonds. The molecule has 1 N–H and O–H groups in total. The first-order valence-electron chi connectivity index (χ1n) is 5.87. The molecule has 2 nitrogen and oxygen atoms in total. The van der Waals surface area contributed by atoms with E-state index in [0.29, 0.717) is 12.0 Å². The van der Waals surface area contributed by atoms with E-state index in [9.17, 15) is 0 Å². The predicted molar refractivity (Wildman–Crippen MR) is 60.3 cm³/mol. The highest BCUT2D eigenvalue weighted by Crippen LogP contribution is 2.34. The topological polar surface area (TPSA) is 23.5 Å². The number of nitrogens with zero attached hydrogens (tertiary/aromatic N) is 1. The lowest BCUT2D eigenvalue weighted by molar-refractivity contribution is 0.107. The molecule has 0 unspecified atom stereocenters. The van der Waals surface area contributed by atoms with E-state index in [2.05, 4.69) is 25.7 Å². The molecular weight excluding hydrogens is 174 g/mol. The third-order valence-corrected chi connectivity index (χ3v) is 3.44. The van der Waals surface area contributed by atoms with Gasteiger partial charge >= 0.3 is 0 Å². The number of hydrogen-bond acceptors (Lipinski definition) is 2. The molecular formula is C12H25NO. The van der Waals surface area contributed by atoms with Crippen molar-refractivity contribution in [3.63, 3.8) is 0 Å². The van der Waals surface area contributed by atoms with Crippen molar-refractivity contribution < 1.29 is 5.11 Å². The second-order valence-corrected chi connectivity index (χ2v) is 5.56. The van der Waals surface area contributed by atoms with Crippen LogP contribution in [0.25, 0.3) is 0 Å². The van der Waals surface area contributed by atoms with Gasteiger partial charge in [0.1, 0.15) is 0 Å². The lowest BCUT2D eigenvalue weighted by Gasteiger charge is -2.38. The molecule has 1 saturated heterocycles. The van der Waals surface area contributed by atoms with E-state index in [1.807, 2.05) is 0 Å². The standard InChI is InChI=1S/C12H25NO/c1-12(2,3)11-5-8-13(9-6-11)7-4-10-14/h11,14H,4-10H2,1-3H3. The normalized spacial score (nSPS) is 21.4. The Morgan fingerprint density at radius 1 is 1.21 bits per heavy atom. The Labute approximate surface area is 88.3 Å². The molecule has 0 aliphatic carbocycles. The van der Waals surface area contributed by atoms with E-state index < -0.39 is 0 Å². The van der Waals surface area contributed by atoms with Gasteiger partial charge in [0.05, 0.1) is 0 Å². The van der Waals surface area contributed by atoms with Crippen LogP contribution in [0.1, 0.15) is 40.0 Å². The Morgan fingerprint density at radius 3 is 2.21 bits per heavy atom. The zero-order valence-corrected chi connectivity index (χ0v) is 9.92. The number of rotatable bonds is 3. The van der Waals surface area contributed by atoms with Gasteiger partial charge in [0.2, 0.25) is 0 Å². The number of piperidine rings is 1. The van der Waals surface area contributed by atoms with Crippen LogP contribution in [-0.2, 0) is 0 Å². The molecule has 1 heterocycles. The van der Waals surface area contributed by atoms with Crippen molar-refractivity contribution >= 4 is 0 Å². The lowest BCUT2D eigenvalue weighted by atomic mass is 9.75. The van der Waals surface area contributed by atoms with E-state index in [1.54, 1.807) is 0 Å². The van der Waals surface area contributed by atoms with Crippen molar-refractivity contribution in [2.45, 2.75) is 40.0 Å². The monoisotopic (exact) mass is 199 g/mol. The van der Waals surface area contributed by atoms with Crippen LogP contribution >= 0.6 is 0 Å². The molecule has 1 aliphatic rings. The van der Waals surface area contributed by atoms with Gasteiger partial charge in [-0.1, -0.05) is 20.8 Å². The highest BCUT2D eigenvalue weighted by molar-refractivity contribution is 4.80. The average molecular weight is 199 g/mol. The fourth-order valence-electron chi connectivity index (χ4n) is 2.32. The molecule has 0 spiro atoms. The maximum atomic E-state index is 8.75. The number of hydrogen-bond donors (Lipinski definition) is 1. The Kier molecular flexibility index (Phi) is 4.39. The van der Waals surface area contributed by atoms with Gasteiger partial charge < -0.3 is 10.0 Å². The molecule has 1 aliphatic heterocycles. The molecule has 2 heteroatoms. The van der Waals surface area contributed by atoms with Gasteiger partial charge in [-0.25, -0.2) is 0 Å². The smallest absolute Gasteiger partial charge is 0.0443 e. The van der Waals surface area contributed by atoms with E-state index in [0.717, 1.165) is 18.9 Å². The molecule has 0 aromatic heterocycles. The Balaban J connectivity index is 2.24. The second kappa shape index (κ2) is 5.13. The first kappa shape index (κ1) is 12.0. The molecule has 84 valence electrons. The molecule has 0 bridgehead atoms. The van der Waals surface area contributed by atoms with Crippen LogP contribution in [0, 0.1) is 11.3 Å². The van der Waals surface area contributed by atoms with Crippen molar-refractivity contribution in [1.82, 2.24) is 4.90 Å². The minimum absolute atomic E-state index is 0.333. The summed E-state index contributed by atoms with van der Waals surface area (Å²) < 4.78 is 0. The maximum absolute atomic E-state index is 8.75. The molecule has 0 radical (unpaired) electrons. The summed E-state index contributed by atoms with van der Waals surface area (Å²) in [7, 11) is 0. The third kappa shape index (κ3) is 3.58. The van der Waals surface area contributed by atoms with Crippen LogP contribution in [0.3, 0.4) is 0 Å². The van der Waals surface area contributed by atoms with Gasteiger partial charge in [0.15, 0.2) is 0 Å². The zero-order valence-electron chi connectivity index (χ0n) is 9.92.